The molecule has 0 aliphatic rings. The van der Waals surface area contributed by atoms with Gasteiger partial charge in [-0.2, -0.15) is 10.2 Å². The molecule has 6 nitrogen and oxygen atoms in total. The molecule has 2 heterocycles. The summed E-state index contributed by atoms with van der Waals surface area (Å²) in [5.74, 6) is -0.0575. The fraction of sp³-hybridized carbons (Fsp3) is 0.269. The molecule has 6 heteroatoms. The summed E-state index contributed by atoms with van der Waals surface area (Å²) in [6.45, 7) is 5.37. The second kappa shape index (κ2) is 10.1. The minimum Gasteiger partial charge on any atom is -0.352 e. The normalized spacial score (nSPS) is 10.9. The fourth-order valence-corrected chi connectivity index (χ4v) is 3.90. The number of hydrogen-bond donors (Lipinski definition) is 1. The monoisotopic (exact) mass is 427 g/mol. The van der Waals surface area contributed by atoms with Gasteiger partial charge in [-0.15, -0.1) is 0 Å². The van der Waals surface area contributed by atoms with E-state index in [1.807, 2.05) is 64.8 Å². The molecule has 0 unspecified atom stereocenters. The average molecular weight is 428 g/mol. The number of benzene rings is 2. The van der Waals surface area contributed by atoms with E-state index in [0.29, 0.717) is 18.7 Å². The highest BCUT2D eigenvalue weighted by Gasteiger charge is 2.16. The van der Waals surface area contributed by atoms with Crippen molar-refractivity contribution in [1.29, 1.82) is 0 Å². The number of aromatic nitrogens is 4. The van der Waals surface area contributed by atoms with E-state index in [0.717, 1.165) is 36.3 Å². The zero-order valence-corrected chi connectivity index (χ0v) is 18.7. The molecule has 0 bridgehead atoms. The fourth-order valence-electron chi connectivity index (χ4n) is 3.90. The van der Waals surface area contributed by atoms with Gasteiger partial charge in [0, 0.05) is 12.7 Å². The molecule has 0 aliphatic heterocycles. The van der Waals surface area contributed by atoms with Crippen molar-refractivity contribution in [3.8, 4) is 5.69 Å². The van der Waals surface area contributed by atoms with E-state index in [2.05, 4.69) is 40.8 Å². The van der Waals surface area contributed by atoms with E-state index >= 15 is 0 Å². The van der Waals surface area contributed by atoms with Crippen LogP contribution in [0, 0.1) is 6.92 Å². The van der Waals surface area contributed by atoms with Gasteiger partial charge in [0.1, 0.15) is 0 Å². The molecule has 0 saturated heterocycles. The first kappa shape index (κ1) is 21.6. The van der Waals surface area contributed by atoms with Crippen LogP contribution < -0.4 is 5.32 Å². The third-order valence-electron chi connectivity index (χ3n) is 5.63. The van der Waals surface area contributed by atoms with Crippen LogP contribution in [-0.4, -0.2) is 32.0 Å². The highest BCUT2D eigenvalue weighted by atomic mass is 16.1. The largest absolute Gasteiger partial charge is 0.352 e. The van der Waals surface area contributed by atoms with Crippen LogP contribution in [0.2, 0.25) is 0 Å². The maximum absolute atomic E-state index is 12.8. The second-order valence-corrected chi connectivity index (χ2v) is 7.88. The molecule has 164 valence electrons. The summed E-state index contributed by atoms with van der Waals surface area (Å²) in [7, 11) is 0. The van der Waals surface area contributed by atoms with Crippen LogP contribution in [0.4, 0.5) is 0 Å². The summed E-state index contributed by atoms with van der Waals surface area (Å²) in [5, 5.41) is 12.1. The zero-order chi connectivity index (χ0) is 22.3. The molecule has 32 heavy (non-hydrogen) atoms. The number of aryl methyl sites for hydroxylation is 2. The number of carbonyl (C=O) groups excluding carboxylic acids is 1. The van der Waals surface area contributed by atoms with Gasteiger partial charge < -0.3 is 5.32 Å². The van der Waals surface area contributed by atoms with Crippen LogP contribution in [0.3, 0.4) is 0 Å². The van der Waals surface area contributed by atoms with Crippen LogP contribution in [0.1, 0.15) is 46.2 Å². The lowest BCUT2D eigenvalue weighted by atomic mass is 10.1. The van der Waals surface area contributed by atoms with Gasteiger partial charge in [-0.3, -0.25) is 9.48 Å². The van der Waals surface area contributed by atoms with Gasteiger partial charge in [-0.1, -0.05) is 55.5 Å². The summed E-state index contributed by atoms with van der Waals surface area (Å²) in [5.41, 5.74) is 6.07. The molecule has 0 spiro atoms. The second-order valence-electron chi connectivity index (χ2n) is 7.88. The highest BCUT2D eigenvalue weighted by Crippen LogP contribution is 2.14. The van der Waals surface area contributed by atoms with Crippen molar-refractivity contribution in [2.45, 2.75) is 39.7 Å². The maximum atomic E-state index is 12.8. The lowest BCUT2D eigenvalue weighted by molar-refractivity contribution is 0.0952. The van der Waals surface area contributed by atoms with E-state index in [-0.39, 0.29) is 5.91 Å². The van der Waals surface area contributed by atoms with E-state index in [1.165, 1.54) is 11.1 Å². The first-order valence-electron chi connectivity index (χ1n) is 11.1. The van der Waals surface area contributed by atoms with E-state index in [9.17, 15) is 4.79 Å². The SMILES string of the molecule is CCc1c(C(=O)NCCCc2cn(-c3ccccc3)nc2C)cnn1Cc1ccccc1. The van der Waals surface area contributed by atoms with Gasteiger partial charge in [0.2, 0.25) is 0 Å². The van der Waals surface area contributed by atoms with Gasteiger partial charge >= 0.3 is 0 Å². The van der Waals surface area contributed by atoms with Crippen molar-refractivity contribution in [3.05, 3.63) is 101 Å². The molecule has 2 aromatic heterocycles. The first-order chi connectivity index (χ1) is 15.7. The van der Waals surface area contributed by atoms with E-state index in [4.69, 9.17) is 0 Å². The van der Waals surface area contributed by atoms with E-state index in [1.54, 1.807) is 6.20 Å². The van der Waals surface area contributed by atoms with Crippen LogP contribution in [0.15, 0.2) is 73.1 Å². The summed E-state index contributed by atoms with van der Waals surface area (Å²) >= 11 is 0. The quantitative estimate of drug-likeness (QED) is 0.404. The third-order valence-corrected chi connectivity index (χ3v) is 5.63. The predicted octanol–water partition coefficient (Wildman–Crippen LogP) is 4.35. The minimum atomic E-state index is -0.0575. The topological polar surface area (TPSA) is 64.7 Å². The van der Waals surface area contributed by atoms with Crippen molar-refractivity contribution >= 4 is 5.91 Å². The number of para-hydroxylation sites is 1. The van der Waals surface area contributed by atoms with Gasteiger partial charge in [0.25, 0.3) is 5.91 Å². The maximum Gasteiger partial charge on any atom is 0.254 e. The average Bonchev–Trinajstić information content (AvgIpc) is 3.41. The molecule has 0 radical (unpaired) electrons. The number of nitrogens with zero attached hydrogens (tertiary/aromatic N) is 4. The molecule has 1 amide bonds. The Labute approximate surface area is 188 Å². The number of rotatable bonds is 9. The zero-order valence-electron chi connectivity index (χ0n) is 18.7. The summed E-state index contributed by atoms with van der Waals surface area (Å²) in [4.78, 5) is 12.8. The Morgan fingerprint density at radius 3 is 2.47 bits per heavy atom. The van der Waals surface area contributed by atoms with Crippen LogP contribution >= 0.6 is 0 Å². The molecular weight excluding hydrogens is 398 g/mol. The van der Waals surface area contributed by atoms with Gasteiger partial charge in [0.15, 0.2) is 0 Å². The Morgan fingerprint density at radius 2 is 1.75 bits per heavy atom. The van der Waals surface area contributed by atoms with Crippen molar-refractivity contribution in [3.63, 3.8) is 0 Å². The molecule has 0 aliphatic carbocycles. The summed E-state index contributed by atoms with van der Waals surface area (Å²) in [6, 6.07) is 20.3. The molecule has 0 atom stereocenters. The van der Waals surface area contributed by atoms with Crippen molar-refractivity contribution in [2.24, 2.45) is 0 Å². The Hall–Kier alpha value is -3.67. The van der Waals surface area contributed by atoms with Crippen LogP contribution in [0.25, 0.3) is 5.69 Å². The summed E-state index contributed by atoms with van der Waals surface area (Å²) < 4.78 is 3.84. The standard InChI is InChI=1S/C26H29N5O/c1-3-25-24(17-28-31(25)18-21-11-6-4-7-12-21)26(32)27-16-10-13-22-19-30(29-20(22)2)23-14-8-5-9-15-23/h4-9,11-12,14-15,17,19H,3,10,13,16,18H2,1-2H3,(H,27,32). The number of carbonyl (C=O) groups is 1. The first-order valence-corrected chi connectivity index (χ1v) is 11.1. The van der Waals surface area contributed by atoms with Crippen molar-refractivity contribution in [2.75, 3.05) is 6.54 Å². The van der Waals surface area contributed by atoms with E-state index < -0.39 is 0 Å². The predicted molar refractivity (Wildman–Crippen MR) is 126 cm³/mol. The third kappa shape index (κ3) is 4.97. The molecule has 4 rings (SSSR count). The number of hydrogen-bond acceptors (Lipinski definition) is 3. The molecular formula is C26H29N5O. The van der Waals surface area contributed by atoms with Gasteiger partial charge in [-0.25, -0.2) is 4.68 Å². The molecule has 0 fully saturated rings. The molecule has 4 aromatic rings. The molecule has 1 N–H and O–H groups in total. The van der Waals surface area contributed by atoms with Crippen LogP contribution in [-0.2, 0) is 19.4 Å². The lowest BCUT2D eigenvalue weighted by Gasteiger charge is -2.09. The molecule has 0 saturated carbocycles. The van der Waals surface area contributed by atoms with Crippen LogP contribution in [0.5, 0.6) is 0 Å². The summed E-state index contributed by atoms with van der Waals surface area (Å²) in [6.07, 6.45) is 6.24. The minimum absolute atomic E-state index is 0.0575. The lowest BCUT2D eigenvalue weighted by Crippen LogP contribution is -2.25. The number of nitrogens with one attached hydrogen (secondary N) is 1. The molecule has 2 aromatic carbocycles. The number of amides is 1. The van der Waals surface area contributed by atoms with Gasteiger partial charge in [0.05, 0.1) is 35.4 Å². The van der Waals surface area contributed by atoms with Crippen molar-refractivity contribution in [1.82, 2.24) is 24.9 Å². The Kier molecular flexibility index (Phi) is 6.80. The Bertz CT molecular complexity index is 1160. The highest BCUT2D eigenvalue weighted by molar-refractivity contribution is 5.95. The Morgan fingerprint density at radius 1 is 1.03 bits per heavy atom. The Balaban J connectivity index is 1.32. The van der Waals surface area contributed by atoms with Gasteiger partial charge in [-0.05, 0) is 49.4 Å². The smallest absolute Gasteiger partial charge is 0.254 e. The van der Waals surface area contributed by atoms with Crippen molar-refractivity contribution < 1.29 is 4.79 Å².